The molecule has 0 aliphatic carbocycles. The molecule has 3 rings (SSSR count). The summed E-state index contributed by atoms with van der Waals surface area (Å²) in [5.74, 6) is 0.509. The molecule has 3 aromatic rings. The Labute approximate surface area is 153 Å². The van der Waals surface area contributed by atoms with Gasteiger partial charge in [-0.2, -0.15) is 0 Å². The van der Waals surface area contributed by atoms with E-state index in [1.54, 1.807) is 7.11 Å². The quantitative estimate of drug-likeness (QED) is 0.613. The molecule has 0 saturated carbocycles. The van der Waals surface area contributed by atoms with E-state index in [0.29, 0.717) is 6.61 Å². The predicted octanol–water partition coefficient (Wildman–Crippen LogP) is 4.95. The summed E-state index contributed by atoms with van der Waals surface area (Å²) in [6.45, 7) is 2.19. The van der Waals surface area contributed by atoms with Crippen LogP contribution in [0.4, 0.5) is 5.69 Å². The van der Waals surface area contributed by atoms with Crippen LogP contribution in [-0.2, 0) is 9.53 Å². The van der Waals surface area contributed by atoms with Crippen LogP contribution in [0.5, 0.6) is 5.75 Å². The lowest BCUT2D eigenvalue weighted by Gasteiger charge is -2.21. The molecule has 0 saturated heterocycles. The summed E-state index contributed by atoms with van der Waals surface area (Å²) in [6.07, 6.45) is 0.240. The van der Waals surface area contributed by atoms with Crippen molar-refractivity contribution in [3.05, 3.63) is 72.3 Å². The molecule has 26 heavy (non-hydrogen) atoms. The molecule has 0 amide bonds. The number of para-hydroxylation sites is 2. The van der Waals surface area contributed by atoms with E-state index in [9.17, 15) is 4.79 Å². The fraction of sp³-hybridized carbons (Fsp3) is 0.227. The molecular weight excluding hydrogens is 326 g/mol. The van der Waals surface area contributed by atoms with Gasteiger partial charge in [0.25, 0.3) is 0 Å². The first-order chi connectivity index (χ1) is 12.7. The lowest BCUT2D eigenvalue weighted by molar-refractivity contribution is -0.143. The zero-order valence-electron chi connectivity index (χ0n) is 15.1. The van der Waals surface area contributed by atoms with E-state index in [1.807, 2.05) is 43.3 Å². The molecule has 0 aromatic heterocycles. The first-order valence-electron chi connectivity index (χ1n) is 8.75. The number of carbonyl (C=O) groups excluding carboxylic acids is 1. The van der Waals surface area contributed by atoms with E-state index >= 15 is 0 Å². The maximum Gasteiger partial charge on any atom is 0.308 e. The van der Waals surface area contributed by atoms with E-state index in [2.05, 4.69) is 35.6 Å². The van der Waals surface area contributed by atoms with E-state index in [0.717, 1.165) is 22.4 Å². The molecule has 0 fully saturated rings. The van der Waals surface area contributed by atoms with Crippen LogP contribution >= 0.6 is 0 Å². The van der Waals surface area contributed by atoms with E-state index in [4.69, 9.17) is 9.47 Å². The highest BCUT2D eigenvalue weighted by Gasteiger charge is 2.18. The number of fused-ring (bicyclic) bond motifs is 1. The van der Waals surface area contributed by atoms with Gasteiger partial charge in [0.05, 0.1) is 31.9 Å². The fourth-order valence-electron chi connectivity index (χ4n) is 3.01. The van der Waals surface area contributed by atoms with Crippen molar-refractivity contribution in [2.24, 2.45) is 0 Å². The van der Waals surface area contributed by atoms with Gasteiger partial charge < -0.3 is 14.8 Å². The van der Waals surface area contributed by atoms with Crippen LogP contribution in [0, 0.1) is 0 Å². The zero-order valence-corrected chi connectivity index (χ0v) is 15.1. The molecule has 0 spiro atoms. The Bertz CT molecular complexity index is 891. The van der Waals surface area contributed by atoms with Crippen LogP contribution in [0.2, 0.25) is 0 Å². The van der Waals surface area contributed by atoms with Crippen LogP contribution < -0.4 is 10.1 Å². The van der Waals surface area contributed by atoms with Crippen LogP contribution in [0.25, 0.3) is 10.8 Å². The summed E-state index contributed by atoms with van der Waals surface area (Å²) in [5, 5.41) is 5.75. The second-order valence-corrected chi connectivity index (χ2v) is 6.01. The van der Waals surface area contributed by atoms with E-state index < -0.39 is 0 Å². The Morgan fingerprint density at radius 1 is 1.00 bits per heavy atom. The summed E-state index contributed by atoms with van der Waals surface area (Å²) in [7, 11) is 1.64. The Morgan fingerprint density at radius 2 is 1.73 bits per heavy atom. The number of nitrogens with one attached hydrogen (secondary N) is 1. The van der Waals surface area contributed by atoms with Gasteiger partial charge >= 0.3 is 5.97 Å². The van der Waals surface area contributed by atoms with Gasteiger partial charge in [-0.25, -0.2) is 0 Å². The van der Waals surface area contributed by atoms with Gasteiger partial charge in [-0.15, -0.1) is 0 Å². The molecule has 0 aliphatic rings. The summed E-state index contributed by atoms with van der Waals surface area (Å²) in [6, 6.07) is 21.9. The van der Waals surface area contributed by atoms with Gasteiger partial charge in [-0.1, -0.05) is 48.5 Å². The van der Waals surface area contributed by atoms with E-state index in [-0.39, 0.29) is 18.4 Å². The second kappa shape index (κ2) is 8.39. The number of carbonyl (C=O) groups is 1. The molecule has 0 heterocycles. The number of anilines is 1. The van der Waals surface area contributed by atoms with Crippen LogP contribution in [0.1, 0.15) is 24.9 Å². The summed E-state index contributed by atoms with van der Waals surface area (Å²) >= 11 is 0. The Morgan fingerprint density at radius 3 is 2.50 bits per heavy atom. The molecule has 1 atom stereocenters. The highest BCUT2D eigenvalue weighted by atomic mass is 16.5. The van der Waals surface area contributed by atoms with Crippen LogP contribution in [0.3, 0.4) is 0 Å². The van der Waals surface area contributed by atoms with Crippen LogP contribution in [-0.4, -0.2) is 19.7 Å². The molecular formula is C22H23NO3. The highest BCUT2D eigenvalue weighted by Crippen LogP contribution is 2.31. The number of hydrogen-bond donors (Lipinski definition) is 1. The van der Waals surface area contributed by atoms with Crippen molar-refractivity contribution in [2.75, 3.05) is 19.0 Å². The largest absolute Gasteiger partial charge is 0.495 e. The Balaban J connectivity index is 1.94. The third-order valence-electron chi connectivity index (χ3n) is 4.29. The minimum absolute atomic E-state index is 0.213. The SMILES string of the molecule is CCOC(=O)C[C@@H](Nc1ccccc1OC)c1ccc2ccccc2c1. The first kappa shape index (κ1) is 17.8. The summed E-state index contributed by atoms with van der Waals surface area (Å²) < 4.78 is 10.6. The van der Waals surface area contributed by atoms with Crippen molar-refractivity contribution < 1.29 is 14.3 Å². The second-order valence-electron chi connectivity index (χ2n) is 6.01. The van der Waals surface area contributed by atoms with Gasteiger partial charge in [0.1, 0.15) is 5.75 Å². The fourth-order valence-corrected chi connectivity index (χ4v) is 3.01. The molecule has 0 bridgehead atoms. The predicted molar refractivity (Wildman–Crippen MR) is 105 cm³/mol. The molecule has 4 nitrogen and oxygen atoms in total. The van der Waals surface area contributed by atoms with Crippen molar-refractivity contribution in [1.29, 1.82) is 0 Å². The minimum atomic E-state index is -0.229. The average molecular weight is 349 g/mol. The standard InChI is InChI=1S/C22H23NO3/c1-3-26-22(24)15-20(23-19-10-6-7-11-21(19)25-2)18-13-12-16-8-4-5-9-17(16)14-18/h4-14,20,23H,3,15H2,1-2H3/t20-/m1/s1. The zero-order chi connectivity index (χ0) is 18.4. The Hall–Kier alpha value is -3.01. The highest BCUT2D eigenvalue weighted by molar-refractivity contribution is 5.83. The summed E-state index contributed by atoms with van der Waals surface area (Å²) in [5.41, 5.74) is 1.88. The first-order valence-corrected chi connectivity index (χ1v) is 8.75. The molecule has 0 unspecified atom stereocenters. The monoisotopic (exact) mass is 349 g/mol. The smallest absolute Gasteiger partial charge is 0.308 e. The molecule has 4 heteroatoms. The molecule has 1 N–H and O–H groups in total. The van der Waals surface area contributed by atoms with Gasteiger partial charge in [-0.3, -0.25) is 4.79 Å². The number of ether oxygens (including phenoxy) is 2. The number of benzene rings is 3. The maximum absolute atomic E-state index is 12.1. The lowest BCUT2D eigenvalue weighted by Crippen LogP contribution is -2.17. The van der Waals surface area contributed by atoms with Crippen molar-refractivity contribution in [1.82, 2.24) is 0 Å². The van der Waals surface area contributed by atoms with Gasteiger partial charge in [-0.05, 0) is 41.5 Å². The van der Waals surface area contributed by atoms with E-state index in [1.165, 1.54) is 5.39 Å². The van der Waals surface area contributed by atoms with Crippen molar-refractivity contribution in [2.45, 2.75) is 19.4 Å². The van der Waals surface area contributed by atoms with Gasteiger partial charge in [0.15, 0.2) is 0 Å². The van der Waals surface area contributed by atoms with Crippen molar-refractivity contribution in [3.8, 4) is 5.75 Å². The van der Waals surface area contributed by atoms with Gasteiger partial charge in [0.2, 0.25) is 0 Å². The average Bonchev–Trinajstić information content (AvgIpc) is 2.67. The van der Waals surface area contributed by atoms with Crippen molar-refractivity contribution >= 4 is 22.4 Å². The number of methoxy groups -OCH3 is 1. The van der Waals surface area contributed by atoms with Gasteiger partial charge in [0, 0.05) is 0 Å². The van der Waals surface area contributed by atoms with Crippen LogP contribution in [0.15, 0.2) is 66.7 Å². The number of esters is 1. The third-order valence-corrected chi connectivity index (χ3v) is 4.29. The number of hydrogen-bond acceptors (Lipinski definition) is 4. The molecule has 3 aromatic carbocycles. The van der Waals surface area contributed by atoms with Crippen molar-refractivity contribution in [3.63, 3.8) is 0 Å². The number of rotatable bonds is 7. The molecule has 0 aliphatic heterocycles. The molecule has 134 valence electrons. The topological polar surface area (TPSA) is 47.6 Å². The Kier molecular flexibility index (Phi) is 5.74. The maximum atomic E-state index is 12.1. The minimum Gasteiger partial charge on any atom is -0.495 e. The summed E-state index contributed by atoms with van der Waals surface area (Å²) in [4.78, 5) is 12.1. The lowest BCUT2D eigenvalue weighted by atomic mass is 9.99. The molecule has 0 radical (unpaired) electrons. The normalized spacial score (nSPS) is 11.8. The third kappa shape index (κ3) is 4.14.